The second-order valence-electron chi connectivity index (χ2n) is 20.3. The molecule has 1 aliphatic heterocycles. The van der Waals surface area contributed by atoms with E-state index < -0.39 is 81.0 Å². The van der Waals surface area contributed by atoms with Crippen LogP contribution in [-0.4, -0.2) is 81.7 Å². The van der Waals surface area contributed by atoms with Crippen LogP contribution in [0.3, 0.4) is 0 Å². The van der Waals surface area contributed by atoms with Gasteiger partial charge in [-0.15, -0.1) is 23.5 Å². The van der Waals surface area contributed by atoms with Crippen LogP contribution in [-0.2, 0) is 42.9 Å². The fourth-order valence-electron chi connectivity index (χ4n) is 9.82. The summed E-state index contributed by atoms with van der Waals surface area (Å²) in [5.74, 6) is -2.54. The lowest BCUT2D eigenvalue weighted by Gasteiger charge is -2.37. The number of benzene rings is 6. The predicted octanol–water partition coefficient (Wildman–Crippen LogP) is 10.2. The highest BCUT2D eigenvalue weighted by Gasteiger charge is 2.52. The first-order chi connectivity index (χ1) is 36.7. The van der Waals surface area contributed by atoms with Crippen molar-refractivity contribution in [2.45, 2.75) is 111 Å². The van der Waals surface area contributed by atoms with Gasteiger partial charge in [0.1, 0.15) is 23.8 Å². The molecule has 13 heteroatoms. The van der Waals surface area contributed by atoms with Gasteiger partial charge in [0, 0.05) is 12.2 Å². The molecule has 0 aromatic heterocycles. The van der Waals surface area contributed by atoms with Gasteiger partial charge in [0.15, 0.2) is 0 Å². The first-order valence-corrected chi connectivity index (χ1v) is 28.0. The number of cyclic esters (lactones) is 1. The highest BCUT2D eigenvalue weighted by molar-refractivity contribution is 8.00. The monoisotopic (exact) mass is 1060 g/mol. The number of hydrogen-bond acceptors (Lipinski definition) is 10. The van der Waals surface area contributed by atoms with Crippen molar-refractivity contribution < 1.29 is 38.6 Å². The minimum Gasteiger partial charge on any atom is -0.460 e. The smallest absolute Gasteiger partial charge is 0.309 e. The van der Waals surface area contributed by atoms with Crippen LogP contribution in [0.1, 0.15) is 99.1 Å². The molecule has 0 bridgehead atoms. The Hall–Kier alpha value is -6.93. The van der Waals surface area contributed by atoms with Gasteiger partial charge in [-0.3, -0.25) is 24.0 Å². The molecule has 1 aliphatic carbocycles. The molecular weight excluding hydrogens is 991 g/mol. The fourth-order valence-corrected chi connectivity index (χ4v) is 12.8. The zero-order chi connectivity index (χ0) is 53.6. The summed E-state index contributed by atoms with van der Waals surface area (Å²) in [5.41, 5.74) is 4.22. The van der Waals surface area contributed by atoms with Gasteiger partial charge in [0.05, 0.1) is 34.0 Å². The topological polar surface area (TPSA) is 160 Å². The number of allylic oxidation sites excluding steroid dienone is 1. The number of ether oxygens (including phenoxy) is 2. The molecule has 2 aliphatic rings. The Kier molecular flexibility index (Phi) is 18.4. The van der Waals surface area contributed by atoms with Gasteiger partial charge < -0.3 is 30.5 Å². The minimum atomic E-state index is -1.33. The van der Waals surface area contributed by atoms with Crippen molar-refractivity contribution in [1.82, 2.24) is 16.0 Å². The first kappa shape index (κ1) is 55.3. The second kappa shape index (κ2) is 25.3. The van der Waals surface area contributed by atoms with Crippen molar-refractivity contribution in [3.8, 4) is 0 Å². The van der Waals surface area contributed by atoms with E-state index in [0.29, 0.717) is 25.0 Å². The summed E-state index contributed by atoms with van der Waals surface area (Å²) >= 11 is 3.23. The normalized spacial score (nSPS) is 19.6. The van der Waals surface area contributed by atoms with E-state index in [-0.39, 0.29) is 25.0 Å². The maximum Gasteiger partial charge on any atom is 0.309 e. The standard InChI is InChI=1S/C63H67N3O8S2/c1-60(2,3)74-56(69)38-37-52-58(71)65-53(44-76-63(48-30-16-7-17-31-48,49-32-18-8-19-33-49)50-34-20-9-21-35-50)59(72)66-61(39-40-61)54(67)43-57(70)73-51(42-55(68)64-52)36-22-23-41-75-62(45-24-10-4-11-25-45,46-26-12-5-13-27-46)47-28-14-6-15-29-47/h4-22,24-36,51-54,67H,23,37-44H2,1-3H3,(H,64,68)(H,65,71)(H,66,72)/t51-,52-,53-,54?/m1/s1. The van der Waals surface area contributed by atoms with E-state index in [1.54, 1.807) is 38.6 Å². The van der Waals surface area contributed by atoms with E-state index in [1.807, 2.05) is 152 Å². The third kappa shape index (κ3) is 13.7. The molecule has 11 nitrogen and oxygen atoms in total. The van der Waals surface area contributed by atoms with Gasteiger partial charge in [0.2, 0.25) is 17.7 Å². The average molecular weight is 1060 g/mol. The molecule has 1 saturated carbocycles. The summed E-state index contributed by atoms with van der Waals surface area (Å²) in [4.78, 5) is 70.8. The van der Waals surface area contributed by atoms with E-state index in [2.05, 4.69) is 52.3 Å². The molecule has 0 radical (unpaired) electrons. The van der Waals surface area contributed by atoms with Crippen LogP contribution in [0.15, 0.2) is 194 Å². The summed E-state index contributed by atoms with van der Waals surface area (Å²) in [5, 5.41) is 20.6. The van der Waals surface area contributed by atoms with Gasteiger partial charge in [-0.2, -0.15) is 0 Å². The van der Waals surface area contributed by atoms with Crippen LogP contribution in [0, 0.1) is 0 Å². The Labute approximate surface area is 455 Å². The van der Waals surface area contributed by atoms with Crippen molar-refractivity contribution >= 4 is 53.2 Å². The van der Waals surface area contributed by atoms with E-state index in [4.69, 9.17) is 9.47 Å². The number of amides is 3. The number of rotatable bonds is 17. The Balaban J connectivity index is 1.07. The molecule has 6 aromatic carbocycles. The van der Waals surface area contributed by atoms with Crippen LogP contribution in [0.5, 0.6) is 0 Å². The molecule has 3 amide bonds. The summed E-state index contributed by atoms with van der Waals surface area (Å²) < 4.78 is 10.1. The molecular formula is C63H67N3O8S2. The van der Waals surface area contributed by atoms with Crippen LogP contribution >= 0.6 is 23.5 Å². The highest BCUT2D eigenvalue weighted by Crippen LogP contribution is 2.50. The average Bonchev–Trinajstić information content (AvgIpc) is 4.25. The molecule has 1 unspecified atom stereocenters. The number of nitrogens with one attached hydrogen (secondary N) is 3. The van der Waals surface area contributed by atoms with Gasteiger partial charge in [-0.1, -0.05) is 188 Å². The van der Waals surface area contributed by atoms with Crippen molar-refractivity contribution in [3.05, 3.63) is 228 Å². The lowest BCUT2D eigenvalue weighted by Crippen LogP contribution is -2.58. The SMILES string of the molecule is CC(C)(C)OC(=O)CC[C@H]1NC(=O)C[C@@H](C=CCCSC(c2ccccc2)(c2ccccc2)c2ccccc2)OC(=O)CC(O)C2(CC2)NC(=O)[C@@H](CSC(c2ccccc2)(c2ccccc2)c2ccccc2)NC1=O. The van der Waals surface area contributed by atoms with E-state index in [9.17, 15) is 29.1 Å². The van der Waals surface area contributed by atoms with Gasteiger partial charge in [0.25, 0.3) is 0 Å². The first-order valence-electron chi connectivity index (χ1n) is 26.0. The summed E-state index contributed by atoms with van der Waals surface area (Å²) in [6.45, 7) is 5.23. The zero-order valence-electron chi connectivity index (χ0n) is 43.3. The van der Waals surface area contributed by atoms with E-state index in [1.165, 1.54) is 11.8 Å². The van der Waals surface area contributed by atoms with E-state index >= 15 is 0 Å². The number of carbonyl (C=O) groups excluding carboxylic acids is 5. The lowest BCUT2D eigenvalue weighted by atomic mass is 9.84. The largest absolute Gasteiger partial charge is 0.460 e. The number of esters is 2. The molecule has 4 N–H and O–H groups in total. The number of hydrogen-bond donors (Lipinski definition) is 4. The number of aliphatic hydroxyl groups excluding tert-OH is 1. The predicted molar refractivity (Wildman–Crippen MR) is 301 cm³/mol. The number of carbonyl (C=O) groups is 5. The second-order valence-corrected chi connectivity index (χ2v) is 22.9. The van der Waals surface area contributed by atoms with Gasteiger partial charge >= 0.3 is 11.9 Å². The molecule has 76 heavy (non-hydrogen) atoms. The fraction of sp³-hybridized carbons (Fsp3) is 0.317. The van der Waals surface area contributed by atoms with Crippen molar-refractivity contribution in [2.75, 3.05) is 11.5 Å². The number of aliphatic hydroxyl groups is 1. The molecule has 1 heterocycles. The van der Waals surface area contributed by atoms with Crippen molar-refractivity contribution in [2.24, 2.45) is 0 Å². The molecule has 8 rings (SSSR count). The molecule has 6 aromatic rings. The Morgan fingerprint density at radius 1 is 0.618 bits per heavy atom. The molecule has 2 fully saturated rings. The molecule has 394 valence electrons. The molecule has 1 spiro atoms. The maximum absolute atomic E-state index is 14.8. The Morgan fingerprint density at radius 2 is 1.05 bits per heavy atom. The quantitative estimate of drug-likeness (QED) is 0.0300. The molecule has 1 saturated heterocycles. The third-order valence-corrected chi connectivity index (χ3v) is 16.9. The van der Waals surface area contributed by atoms with Crippen LogP contribution in [0.4, 0.5) is 0 Å². The van der Waals surface area contributed by atoms with Crippen molar-refractivity contribution in [1.29, 1.82) is 0 Å². The van der Waals surface area contributed by atoms with Crippen molar-refractivity contribution in [3.63, 3.8) is 0 Å². The van der Waals surface area contributed by atoms with Crippen LogP contribution < -0.4 is 16.0 Å². The minimum absolute atomic E-state index is 0.0333. The van der Waals surface area contributed by atoms with Crippen LogP contribution in [0.2, 0.25) is 0 Å². The van der Waals surface area contributed by atoms with Crippen LogP contribution in [0.25, 0.3) is 0 Å². The van der Waals surface area contributed by atoms with Gasteiger partial charge in [-0.05, 0) is 91.7 Å². The Bertz CT molecular complexity index is 2710. The number of thioether (sulfide) groups is 2. The zero-order valence-corrected chi connectivity index (χ0v) is 44.9. The third-order valence-electron chi connectivity index (χ3n) is 13.7. The van der Waals surface area contributed by atoms with Gasteiger partial charge in [-0.25, -0.2) is 0 Å². The maximum atomic E-state index is 14.8. The van der Waals surface area contributed by atoms with E-state index in [0.717, 1.165) is 33.4 Å². The highest BCUT2D eigenvalue weighted by atomic mass is 32.2. The molecule has 4 atom stereocenters. The Morgan fingerprint density at radius 3 is 1.47 bits per heavy atom. The lowest BCUT2D eigenvalue weighted by molar-refractivity contribution is -0.155. The summed E-state index contributed by atoms with van der Waals surface area (Å²) in [6.07, 6.45) is 1.28. The summed E-state index contributed by atoms with van der Waals surface area (Å²) in [6, 6.07) is 58.4. The summed E-state index contributed by atoms with van der Waals surface area (Å²) in [7, 11) is 0.